The molecule has 2 aromatic carbocycles. The number of aromatic nitrogens is 2. The lowest BCUT2D eigenvalue weighted by molar-refractivity contribution is 0.0961. The van der Waals surface area contributed by atoms with Crippen LogP contribution in [0.1, 0.15) is 34.8 Å². The van der Waals surface area contributed by atoms with E-state index in [1.807, 2.05) is 0 Å². The molecule has 0 aliphatic heterocycles. The van der Waals surface area contributed by atoms with Gasteiger partial charge in [0.15, 0.2) is 0 Å². The van der Waals surface area contributed by atoms with Gasteiger partial charge in [-0.15, -0.1) is 0 Å². The third-order valence-electron chi connectivity index (χ3n) is 4.32. The Bertz CT molecular complexity index is 999. The lowest BCUT2D eigenvalue weighted by Crippen LogP contribution is -2.30. The number of carbonyl (C=O) groups excluding carboxylic acids is 1. The first kappa shape index (κ1) is 17.8. The first-order valence-electron chi connectivity index (χ1n) is 8.38. The molecule has 2 N–H and O–H groups in total. The summed E-state index contributed by atoms with van der Waals surface area (Å²) in [5.74, 6) is -0.410. The number of benzene rings is 2. The topological polar surface area (TPSA) is 59.0 Å². The summed E-state index contributed by atoms with van der Waals surface area (Å²) >= 11 is 12.3. The molecule has 5 nitrogen and oxygen atoms in total. The van der Waals surface area contributed by atoms with Gasteiger partial charge < -0.3 is 0 Å². The Kier molecular flexibility index (Phi) is 4.76. The van der Waals surface area contributed by atoms with E-state index in [2.05, 4.69) is 16.0 Å². The molecule has 0 unspecified atom stereocenters. The second kappa shape index (κ2) is 7.21. The smallest absolute Gasteiger partial charge is 0.273 e. The van der Waals surface area contributed by atoms with Crippen LogP contribution in [0.4, 0.5) is 10.1 Å². The van der Waals surface area contributed by atoms with Gasteiger partial charge in [0.25, 0.3) is 5.91 Å². The first-order valence-corrected chi connectivity index (χ1v) is 9.14. The summed E-state index contributed by atoms with van der Waals surface area (Å²) in [5, 5.41) is 5.37. The van der Waals surface area contributed by atoms with Crippen LogP contribution >= 0.6 is 23.2 Å². The van der Waals surface area contributed by atoms with Crippen LogP contribution in [0.5, 0.6) is 0 Å². The molecule has 1 aliphatic rings. The third-order valence-corrected chi connectivity index (χ3v) is 4.86. The highest BCUT2D eigenvalue weighted by Crippen LogP contribution is 2.43. The van der Waals surface area contributed by atoms with Gasteiger partial charge in [-0.3, -0.25) is 15.6 Å². The van der Waals surface area contributed by atoms with Gasteiger partial charge >= 0.3 is 0 Å². The van der Waals surface area contributed by atoms with Gasteiger partial charge in [0.2, 0.25) is 0 Å². The van der Waals surface area contributed by atoms with Crippen LogP contribution in [0.15, 0.2) is 48.7 Å². The molecule has 0 atom stereocenters. The normalized spacial score (nSPS) is 13.4. The second-order valence-electron chi connectivity index (χ2n) is 6.31. The highest BCUT2D eigenvalue weighted by molar-refractivity contribution is 6.35. The summed E-state index contributed by atoms with van der Waals surface area (Å²) in [5.41, 5.74) is 7.94. The van der Waals surface area contributed by atoms with Crippen molar-refractivity contribution in [2.75, 3.05) is 5.43 Å². The molecule has 1 aliphatic carbocycles. The molecule has 1 fully saturated rings. The third kappa shape index (κ3) is 3.77. The van der Waals surface area contributed by atoms with Gasteiger partial charge in [0, 0.05) is 10.9 Å². The van der Waals surface area contributed by atoms with Crippen LogP contribution in [0.3, 0.4) is 0 Å². The van der Waals surface area contributed by atoms with Crippen molar-refractivity contribution < 1.29 is 9.18 Å². The molecule has 138 valence electrons. The summed E-state index contributed by atoms with van der Waals surface area (Å²) in [6, 6.07) is 10.9. The molecule has 1 amide bonds. The van der Waals surface area contributed by atoms with Crippen LogP contribution in [-0.2, 0) is 0 Å². The minimum absolute atomic E-state index is 0.255. The molecule has 1 aromatic heterocycles. The predicted octanol–water partition coefficient (Wildman–Crippen LogP) is 4.95. The fourth-order valence-corrected chi connectivity index (χ4v) is 3.35. The van der Waals surface area contributed by atoms with Crippen molar-refractivity contribution in [2.24, 2.45) is 0 Å². The summed E-state index contributed by atoms with van der Waals surface area (Å²) < 4.78 is 14.7. The number of carbonyl (C=O) groups is 1. The average molecular weight is 405 g/mol. The zero-order valence-electron chi connectivity index (χ0n) is 14.0. The van der Waals surface area contributed by atoms with Crippen LogP contribution in [-0.4, -0.2) is 15.7 Å². The van der Waals surface area contributed by atoms with E-state index in [-0.39, 0.29) is 17.6 Å². The van der Waals surface area contributed by atoms with E-state index in [1.54, 1.807) is 22.9 Å². The second-order valence-corrected chi connectivity index (χ2v) is 7.15. The Labute approximate surface area is 165 Å². The summed E-state index contributed by atoms with van der Waals surface area (Å²) in [6.07, 6.45) is 3.51. The number of nitrogens with zero attached hydrogens (tertiary/aromatic N) is 2. The predicted molar refractivity (Wildman–Crippen MR) is 103 cm³/mol. The van der Waals surface area contributed by atoms with Gasteiger partial charge in [-0.1, -0.05) is 23.2 Å². The minimum atomic E-state index is -0.344. The number of rotatable bonds is 5. The van der Waals surface area contributed by atoms with E-state index in [4.69, 9.17) is 23.2 Å². The van der Waals surface area contributed by atoms with Gasteiger partial charge in [-0.25, -0.2) is 9.07 Å². The van der Waals surface area contributed by atoms with E-state index >= 15 is 0 Å². The molecule has 4 rings (SSSR count). The van der Waals surface area contributed by atoms with Crippen molar-refractivity contribution in [3.05, 3.63) is 75.8 Å². The number of halogens is 3. The quantitative estimate of drug-likeness (QED) is 0.591. The van der Waals surface area contributed by atoms with Gasteiger partial charge in [-0.05, 0) is 55.3 Å². The van der Waals surface area contributed by atoms with Crippen molar-refractivity contribution in [2.45, 2.75) is 18.8 Å². The van der Waals surface area contributed by atoms with E-state index in [1.165, 1.54) is 30.5 Å². The van der Waals surface area contributed by atoms with E-state index < -0.39 is 0 Å². The highest BCUT2D eigenvalue weighted by atomic mass is 35.5. The number of hydrogen-bond acceptors (Lipinski definition) is 3. The number of hydrazine groups is 1. The minimum Gasteiger partial charge on any atom is -0.298 e. The maximum atomic E-state index is 13.0. The standard InChI is InChI=1S/C19H15Cl2FN4O/c20-12-3-8-17(16(21)9-12)26-18(11-1-2-11)15(10-23-26)19(27)25-24-14-6-4-13(22)5-7-14/h3-11,24H,1-2H2,(H,25,27). The molecule has 3 aromatic rings. The van der Waals surface area contributed by atoms with Gasteiger partial charge in [-0.2, -0.15) is 5.10 Å². The van der Waals surface area contributed by atoms with Crippen LogP contribution in [0.2, 0.25) is 10.0 Å². The molecule has 0 radical (unpaired) electrons. The van der Waals surface area contributed by atoms with Gasteiger partial charge in [0.1, 0.15) is 5.82 Å². The number of nitrogens with one attached hydrogen (secondary N) is 2. The Morgan fingerprint density at radius 2 is 1.89 bits per heavy atom. The summed E-state index contributed by atoms with van der Waals surface area (Å²) in [6.45, 7) is 0. The van der Waals surface area contributed by atoms with E-state index in [0.29, 0.717) is 27.0 Å². The summed E-state index contributed by atoms with van der Waals surface area (Å²) in [4.78, 5) is 12.7. The van der Waals surface area contributed by atoms with Crippen molar-refractivity contribution in [3.8, 4) is 5.69 Å². The molecule has 27 heavy (non-hydrogen) atoms. The molecule has 0 saturated heterocycles. The maximum Gasteiger partial charge on any atom is 0.273 e. The monoisotopic (exact) mass is 404 g/mol. The van der Waals surface area contributed by atoms with Crippen molar-refractivity contribution in [3.63, 3.8) is 0 Å². The summed E-state index contributed by atoms with van der Waals surface area (Å²) in [7, 11) is 0. The molecule has 8 heteroatoms. The molecule has 0 spiro atoms. The Balaban J connectivity index is 1.60. The zero-order chi connectivity index (χ0) is 19.0. The molecule has 1 saturated carbocycles. The largest absolute Gasteiger partial charge is 0.298 e. The zero-order valence-corrected chi connectivity index (χ0v) is 15.6. The Morgan fingerprint density at radius 3 is 2.56 bits per heavy atom. The highest BCUT2D eigenvalue weighted by Gasteiger charge is 2.33. The SMILES string of the molecule is O=C(NNc1ccc(F)cc1)c1cnn(-c2ccc(Cl)cc2Cl)c1C1CC1. The lowest BCUT2D eigenvalue weighted by Gasteiger charge is -2.12. The average Bonchev–Trinajstić information content (AvgIpc) is 3.40. The molecule has 0 bridgehead atoms. The molecular formula is C19H15Cl2FN4O. The van der Waals surface area contributed by atoms with Crippen LogP contribution in [0.25, 0.3) is 5.69 Å². The maximum absolute atomic E-state index is 13.0. The van der Waals surface area contributed by atoms with Crippen molar-refractivity contribution in [1.29, 1.82) is 0 Å². The number of amides is 1. The first-order chi connectivity index (χ1) is 13.0. The van der Waals surface area contributed by atoms with Crippen LogP contribution < -0.4 is 10.9 Å². The number of anilines is 1. The lowest BCUT2D eigenvalue weighted by atomic mass is 10.1. The fraction of sp³-hybridized carbons (Fsp3) is 0.158. The fourth-order valence-electron chi connectivity index (χ4n) is 2.86. The van der Waals surface area contributed by atoms with Gasteiger partial charge in [0.05, 0.1) is 33.9 Å². The number of hydrogen-bond donors (Lipinski definition) is 2. The Hall–Kier alpha value is -2.57. The van der Waals surface area contributed by atoms with Crippen molar-refractivity contribution >= 4 is 34.8 Å². The van der Waals surface area contributed by atoms with Crippen molar-refractivity contribution in [1.82, 2.24) is 15.2 Å². The van der Waals surface area contributed by atoms with E-state index in [0.717, 1.165) is 18.5 Å². The van der Waals surface area contributed by atoms with Crippen LogP contribution in [0, 0.1) is 5.82 Å². The molecular weight excluding hydrogens is 390 g/mol. The Morgan fingerprint density at radius 1 is 1.15 bits per heavy atom. The van der Waals surface area contributed by atoms with E-state index in [9.17, 15) is 9.18 Å². The molecule has 1 heterocycles.